The minimum atomic E-state index is 0.265. The molecular weight excluding hydrogens is 180 g/mol. The van der Waals surface area contributed by atoms with Gasteiger partial charge < -0.3 is 14.7 Å². The zero-order chi connectivity index (χ0) is 9.97. The third-order valence-electron chi connectivity index (χ3n) is 2.61. The molecule has 1 aromatic rings. The summed E-state index contributed by atoms with van der Waals surface area (Å²) < 4.78 is 5.21. The number of rotatable bonds is 3. The highest BCUT2D eigenvalue weighted by Gasteiger charge is 2.22. The molecule has 0 spiro atoms. The molecule has 0 aliphatic carbocycles. The quantitative estimate of drug-likeness (QED) is 0.780. The van der Waals surface area contributed by atoms with Crippen molar-refractivity contribution in [2.75, 3.05) is 25.0 Å². The van der Waals surface area contributed by atoms with Gasteiger partial charge in [0.05, 0.1) is 6.04 Å². The van der Waals surface area contributed by atoms with Crippen LogP contribution in [0.1, 0.15) is 31.7 Å². The van der Waals surface area contributed by atoms with E-state index in [4.69, 9.17) is 4.52 Å². The molecule has 1 aliphatic rings. The Morgan fingerprint density at radius 1 is 1.64 bits per heavy atom. The molecule has 14 heavy (non-hydrogen) atoms. The fourth-order valence-electron chi connectivity index (χ4n) is 1.56. The third-order valence-corrected chi connectivity index (χ3v) is 2.61. The minimum absolute atomic E-state index is 0.265. The van der Waals surface area contributed by atoms with Crippen LogP contribution in [0.4, 0.5) is 5.95 Å². The molecule has 1 saturated heterocycles. The average molecular weight is 196 g/mol. The van der Waals surface area contributed by atoms with Crippen LogP contribution >= 0.6 is 0 Å². The molecule has 0 saturated carbocycles. The Morgan fingerprint density at radius 2 is 2.50 bits per heavy atom. The van der Waals surface area contributed by atoms with E-state index in [0.29, 0.717) is 5.95 Å². The Hall–Kier alpha value is -1.10. The van der Waals surface area contributed by atoms with Crippen LogP contribution in [0.15, 0.2) is 4.52 Å². The molecular formula is C9H16N4O. The molecule has 1 fully saturated rings. The van der Waals surface area contributed by atoms with Gasteiger partial charge in [0.2, 0.25) is 5.89 Å². The number of nitrogens with one attached hydrogen (secondary N) is 1. The molecule has 1 atom stereocenters. The number of nitrogens with zero attached hydrogens (tertiary/aromatic N) is 3. The second-order valence-corrected chi connectivity index (χ2v) is 3.60. The molecule has 5 nitrogen and oxygen atoms in total. The third kappa shape index (κ3) is 1.72. The molecule has 0 aromatic carbocycles. The normalized spacial score (nSPS) is 21.4. The van der Waals surface area contributed by atoms with Crippen molar-refractivity contribution in [3.63, 3.8) is 0 Å². The van der Waals surface area contributed by atoms with E-state index in [9.17, 15) is 0 Å². The van der Waals surface area contributed by atoms with Crippen molar-refractivity contribution < 1.29 is 4.52 Å². The lowest BCUT2D eigenvalue weighted by Gasteiger charge is -2.09. The largest absolute Gasteiger partial charge is 0.342 e. The van der Waals surface area contributed by atoms with Gasteiger partial charge in [-0.2, -0.15) is 4.98 Å². The first-order valence-electron chi connectivity index (χ1n) is 5.09. The molecule has 1 aromatic heterocycles. The van der Waals surface area contributed by atoms with Crippen LogP contribution in [0.2, 0.25) is 0 Å². The van der Waals surface area contributed by atoms with Crippen LogP contribution < -0.4 is 10.2 Å². The summed E-state index contributed by atoms with van der Waals surface area (Å²) in [6.45, 7) is 3.99. The summed E-state index contributed by atoms with van der Waals surface area (Å²) in [5.74, 6) is 1.40. The predicted octanol–water partition coefficient (Wildman–Crippen LogP) is 0.950. The van der Waals surface area contributed by atoms with Gasteiger partial charge in [-0.05, 0) is 31.5 Å². The molecule has 2 heterocycles. The lowest BCUT2D eigenvalue weighted by molar-refractivity contribution is 0.344. The fourth-order valence-corrected chi connectivity index (χ4v) is 1.56. The Labute approximate surface area is 83.5 Å². The number of anilines is 1. The maximum atomic E-state index is 5.21. The molecule has 5 heteroatoms. The highest BCUT2D eigenvalue weighted by atomic mass is 16.5. The van der Waals surface area contributed by atoms with E-state index in [1.807, 2.05) is 11.9 Å². The van der Waals surface area contributed by atoms with Crippen molar-refractivity contribution in [2.24, 2.45) is 0 Å². The number of hydrogen-bond acceptors (Lipinski definition) is 5. The monoisotopic (exact) mass is 196 g/mol. The zero-order valence-electron chi connectivity index (χ0n) is 8.66. The lowest BCUT2D eigenvalue weighted by atomic mass is 10.2. The first kappa shape index (κ1) is 9.45. The molecule has 1 unspecified atom stereocenters. The van der Waals surface area contributed by atoms with E-state index in [0.717, 1.165) is 25.4 Å². The highest BCUT2D eigenvalue weighted by Crippen LogP contribution is 2.22. The van der Waals surface area contributed by atoms with Crippen molar-refractivity contribution in [3.05, 3.63) is 5.89 Å². The van der Waals surface area contributed by atoms with Gasteiger partial charge in [0.15, 0.2) is 0 Å². The SMILES string of the molecule is CCN(C)c1noc(C2CCCN2)n1. The van der Waals surface area contributed by atoms with E-state index < -0.39 is 0 Å². The van der Waals surface area contributed by atoms with Crippen molar-refractivity contribution in [1.29, 1.82) is 0 Å². The Balaban J connectivity index is 2.08. The summed E-state index contributed by atoms with van der Waals surface area (Å²) in [4.78, 5) is 6.31. The molecule has 1 aliphatic heterocycles. The summed E-state index contributed by atoms with van der Waals surface area (Å²) in [7, 11) is 1.96. The van der Waals surface area contributed by atoms with Gasteiger partial charge in [0, 0.05) is 13.6 Å². The molecule has 2 rings (SSSR count). The van der Waals surface area contributed by atoms with Gasteiger partial charge >= 0.3 is 0 Å². The Kier molecular flexibility index (Phi) is 2.67. The standard InChI is InChI=1S/C9H16N4O/c1-3-13(2)9-11-8(14-12-9)7-5-4-6-10-7/h7,10H,3-6H2,1-2H3. The van der Waals surface area contributed by atoms with E-state index >= 15 is 0 Å². The van der Waals surface area contributed by atoms with Crippen LogP contribution in [0.3, 0.4) is 0 Å². The average Bonchev–Trinajstić information content (AvgIpc) is 2.86. The summed E-state index contributed by atoms with van der Waals surface area (Å²) in [6, 6.07) is 0.265. The smallest absolute Gasteiger partial charge is 0.265 e. The van der Waals surface area contributed by atoms with E-state index in [1.54, 1.807) is 0 Å². The zero-order valence-corrected chi connectivity index (χ0v) is 8.66. The van der Waals surface area contributed by atoms with Gasteiger partial charge in [-0.3, -0.25) is 0 Å². The first-order valence-corrected chi connectivity index (χ1v) is 5.09. The number of aromatic nitrogens is 2. The second kappa shape index (κ2) is 3.96. The van der Waals surface area contributed by atoms with Crippen molar-refractivity contribution >= 4 is 5.95 Å². The van der Waals surface area contributed by atoms with E-state index in [1.165, 1.54) is 6.42 Å². The van der Waals surface area contributed by atoms with Gasteiger partial charge in [0.1, 0.15) is 0 Å². The van der Waals surface area contributed by atoms with Crippen molar-refractivity contribution in [1.82, 2.24) is 15.5 Å². The first-order chi connectivity index (χ1) is 6.81. The van der Waals surface area contributed by atoms with Crippen LogP contribution in [0, 0.1) is 0 Å². The predicted molar refractivity (Wildman–Crippen MR) is 53.2 cm³/mol. The van der Waals surface area contributed by atoms with E-state index in [-0.39, 0.29) is 6.04 Å². The Bertz CT molecular complexity index is 293. The summed E-state index contributed by atoms with van der Waals surface area (Å²) in [6.07, 6.45) is 2.28. The van der Waals surface area contributed by atoms with Crippen LogP contribution in [-0.4, -0.2) is 30.3 Å². The summed E-state index contributed by atoms with van der Waals surface area (Å²) >= 11 is 0. The summed E-state index contributed by atoms with van der Waals surface area (Å²) in [5, 5.41) is 7.26. The highest BCUT2D eigenvalue weighted by molar-refractivity contribution is 5.25. The van der Waals surface area contributed by atoms with Crippen LogP contribution in [-0.2, 0) is 0 Å². The van der Waals surface area contributed by atoms with Crippen molar-refractivity contribution in [3.8, 4) is 0 Å². The van der Waals surface area contributed by atoms with E-state index in [2.05, 4.69) is 22.4 Å². The summed E-state index contributed by atoms with van der Waals surface area (Å²) in [5.41, 5.74) is 0. The Morgan fingerprint density at radius 3 is 3.14 bits per heavy atom. The molecule has 78 valence electrons. The van der Waals surface area contributed by atoms with Gasteiger partial charge in [-0.25, -0.2) is 0 Å². The topological polar surface area (TPSA) is 54.2 Å². The molecule has 0 bridgehead atoms. The fraction of sp³-hybridized carbons (Fsp3) is 0.778. The maximum absolute atomic E-state index is 5.21. The molecule has 0 radical (unpaired) electrons. The minimum Gasteiger partial charge on any atom is -0.342 e. The lowest BCUT2D eigenvalue weighted by Crippen LogP contribution is -2.18. The van der Waals surface area contributed by atoms with Crippen LogP contribution in [0.25, 0.3) is 0 Å². The number of hydrogen-bond donors (Lipinski definition) is 1. The second-order valence-electron chi connectivity index (χ2n) is 3.60. The molecule has 0 amide bonds. The van der Waals surface area contributed by atoms with Crippen molar-refractivity contribution in [2.45, 2.75) is 25.8 Å². The van der Waals surface area contributed by atoms with Gasteiger partial charge in [0.25, 0.3) is 5.95 Å². The van der Waals surface area contributed by atoms with Crippen LogP contribution in [0.5, 0.6) is 0 Å². The molecule has 1 N–H and O–H groups in total. The van der Waals surface area contributed by atoms with Gasteiger partial charge in [-0.15, -0.1) is 0 Å². The maximum Gasteiger partial charge on any atom is 0.265 e. The van der Waals surface area contributed by atoms with Gasteiger partial charge in [-0.1, -0.05) is 0 Å².